The normalized spacial score (nSPS) is 18.2. The van der Waals surface area contributed by atoms with Gasteiger partial charge in [-0.15, -0.1) is 24.8 Å². The maximum absolute atomic E-state index is 12.2. The second-order valence-corrected chi connectivity index (χ2v) is 5.90. The second kappa shape index (κ2) is 11.7. The summed E-state index contributed by atoms with van der Waals surface area (Å²) in [6.45, 7) is 4.60. The third-order valence-electron chi connectivity index (χ3n) is 4.10. The molecule has 0 aromatic heterocycles. The van der Waals surface area contributed by atoms with Crippen molar-refractivity contribution in [1.82, 2.24) is 15.5 Å². The molecule has 1 aromatic carbocycles. The fourth-order valence-corrected chi connectivity index (χ4v) is 2.63. The van der Waals surface area contributed by atoms with E-state index in [1.54, 1.807) is 0 Å². The quantitative estimate of drug-likeness (QED) is 0.793. The number of nitrogens with one attached hydrogen (secondary N) is 2. The number of nitrogens with zero attached hydrogens (tertiary/aromatic N) is 1. The lowest BCUT2D eigenvalue weighted by Crippen LogP contribution is -2.52. The van der Waals surface area contributed by atoms with E-state index in [1.807, 2.05) is 14.1 Å². The van der Waals surface area contributed by atoms with E-state index in [-0.39, 0.29) is 42.8 Å². The second-order valence-electron chi connectivity index (χ2n) is 5.90. The number of likely N-dealkylation sites (N-methyl/N-ethyl adjacent to an activating group) is 1. The Morgan fingerprint density at radius 3 is 2.50 bits per heavy atom. The van der Waals surface area contributed by atoms with Crippen LogP contribution >= 0.6 is 24.8 Å². The minimum Gasteiger partial charge on any atom is -0.378 e. The molecule has 1 aromatic rings. The van der Waals surface area contributed by atoms with Crippen LogP contribution < -0.4 is 10.6 Å². The van der Waals surface area contributed by atoms with Gasteiger partial charge in [0, 0.05) is 13.1 Å². The van der Waals surface area contributed by atoms with Crippen molar-refractivity contribution in [3.05, 3.63) is 35.4 Å². The number of benzene rings is 1. The van der Waals surface area contributed by atoms with Gasteiger partial charge in [-0.2, -0.15) is 0 Å². The molecule has 1 aliphatic heterocycles. The highest BCUT2D eigenvalue weighted by Gasteiger charge is 2.22. The van der Waals surface area contributed by atoms with Crippen molar-refractivity contribution in [3.63, 3.8) is 0 Å². The van der Waals surface area contributed by atoms with Gasteiger partial charge in [0.2, 0.25) is 5.91 Å². The Balaban J connectivity index is 0.00000264. The van der Waals surface area contributed by atoms with E-state index in [2.05, 4.69) is 46.7 Å². The predicted molar refractivity (Wildman–Crippen MR) is 102 cm³/mol. The van der Waals surface area contributed by atoms with Crippen LogP contribution in [-0.2, 0) is 16.0 Å². The number of morpholine rings is 1. The lowest BCUT2D eigenvalue weighted by molar-refractivity contribution is -0.126. The van der Waals surface area contributed by atoms with Crippen LogP contribution in [0, 0.1) is 0 Å². The number of aryl methyl sites for hydroxylation is 1. The fraction of sp³-hybridized carbons (Fsp3) is 0.588. The standard InChI is InChI=1S/C17H27N3O2.2ClH/c1-4-13-5-7-14(8-6-13)16(20(2)3)11-19-17(21)15-12-22-10-9-18-15;;/h5-8,15-16,18H,4,9-12H2,1-3H3,(H,19,21);2*1H. The van der Waals surface area contributed by atoms with Crippen molar-refractivity contribution in [2.45, 2.75) is 25.4 Å². The largest absolute Gasteiger partial charge is 0.378 e. The van der Waals surface area contributed by atoms with Crippen LogP contribution in [0.4, 0.5) is 0 Å². The van der Waals surface area contributed by atoms with E-state index in [9.17, 15) is 4.79 Å². The van der Waals surface area contributed by atoms with Gasteiger partial charge in [-0.25, -0.2) is 0 Å². The molecule has 0 spiro atoms. The van der Waals surface area contributed by atoms with E-state index in [1.165, 1.54) is 11.1 Å². The molecular weight excluding hydrogens is 349 g/mol. The van der Waals surface area contributed by atoms with Gasteiger partial charge in [0.05, 0.1) is 19.3 Å². The molecule has 1 heterocycles. The number of halogens is 2. The van der Waals surface area contributed by atoms with Crippen LogP contribution in [-0.4, -0.2) is 57.2 Å². The number of ether oxygens (including phenoxy) is 1. The van der Waals surface area contributed by atoms with Crippen molar-refractivity contribution in [1.29, 1.82) is 0 Å². The molecule has 2 rings (SSSR count). The molecule has 1 amide bonds. The number of rotatable bonds is 6. The zero-order chi connectivity index (χ0) is 15.9. The highest BCUT2D eigenvalue weighted by Crippen LogP contribution is 2.18. The lowest BCUT2D eigenvalue weighted by Gasteiger charge is -2.27. The van der Waals surface area contributed by atoms with Crippen LogP contribution in [0.15, 0.2) is 24.3 Å². The maximum atomic E-state index is 12.2. The van der Waals surface area contributed by atoms with E-state index in [0.29, 0.717) is 19.8 Å². The van der Waals surface area contributed by atoms with Gasteiger partial charge in [-0.05, 0) is 31.6 Å². The molecule has 0 aliphatic carbocycles. The zero-order valence-electron chi connectivity index (χ0n) is 14.6. The molecule has 0 radical (unpaired) electrons. The monoisotopic (exact) mass is 377 g/mol. The third kappa shape index (κ3) is 6.57. The van der Waals surface area contributed by atoms with Crippen molar-refractivity contribution in [2.75, 3.05) is 40.4 Å². The van der Waals surface area contributed by atoms with Crippen LogP contribution in [0.2, 0.25) is 0 Å². The summed E-state index contributed by atoms with van der Waals surface area (Å²) in [5, 5.41) is 6.21. The summed E-state index contributed by atoms with van der Waals surface area (Å²) in [6.07, 6.45) is 1.04. The molecule has 2 N–H and O–H groups in total. The molecule has 24 heavy (non-hydrogen) atoms. The molecule has 1 aliphatic rings. The van der Waals surface area contributed by atoms with E-state index in [4.69, 9.17) is 4.74 Å². The van der Waals surface area contributed by atoms with Gasteiger partial charge in [0.15, 0.2) is 0 Å². The van der Waals surface area contributed by atoms with Crippen molar-refractivity contribution in [2.24, 2.45) is 0 Å². The maximum Gasteiger partial charge on any atom is 0.239 e. The van der Waals surface area contributed by atoms with Gasteiger partial charge in [0.1, 0.15) is 6.04 Å². The fourth-order valence-electron chi connectivity index (χ4n) is 2.63. The van der Waals surface area contributed by atoms with E-state index >= 15 is 0 Å². The molecule has 0 saturated carbocycles. The Labute approximate surface area is 157 Å². The average Bonchev–Trinajstić information content (AvgIpc) is 2.56. The van der Waals surface area contributed by atoms with Gasteiger partial charge in [-0.3, -0.25) is 4.79 Å². The smallest absolute Gasteiger partial charge is 0.239 e. The third-order valence-corrected chi connectivity index (χ3v) is 4.10. The first-order valence-electron chi connectivity index (χ1n) is 7.96. The van der Waals surface area contributed by atoms with Gasteiger partial charge >= 0.3 is 0 Å². The summed E-state index contributed by atoms with van der Waals surface area (Å²) < 4.78 is 5.33. The summed E-state index contributed by atoms with van der Waals surface area (Å²) in [7, 11) is 4.07. The molecule has 2 atom stereocenters. The zero-order valence-corrected chi connectivity index (χ0v) is 16.2. The number of amides is 1. The van der Waals surface area contributed by atoms with Crippen molar-refractivity contribution >= 4 is 30.7 Å². The topological polar surface area (TPSA) is 53.6 Å². The number of carbonyl (C=O) groups is 1. The summed E-state index contributed by atoms with van der Waals surface area (Å²) in [6, 6.07) is 8.54. The summed E-state index contributed by atoms with van der Waals surface area (Å²) >= 11 is 0. The SMILES string of the molecule is CCc1ccc(C(CNC(=O)C2COCCN2)N(C)C)cc1.Cl.Cl. The van der Waals surface area contributed by atoms with E-state index in [0.717, 1.165) is 13.0 Å². The van der Waals surface area contributed by atoms with Crippen molar-refractivity contribution < 1.29 is 9.53 Å². The van der Waals surface area contributed by atoms with Crippen LogP contribution in [0.5, 0.6) is 0 Å². The molecule has 5 nitrogen and oxygen atoms in total. The van der Waals surface area contributed by atoms with Gasteiger partial charge < -0.3 is 20.3 Å². The lowest BCUT2D eigenvalue weighted by atomic mass is 10.0. The molecule has 138 valence electrons. The Kier molecular flexibility index (Phi) is 11.2. The molecule has 1 saturated heterocycles. The van der Waals surface area contributed by atoms with E-state index < -0.39 is 0 Å². The highest BCUT2D eigenvalue weighted by atomic mass is 35.5. The predicted octanol–water partition coefficient (Wildman–Crippen LogP) is 1.80. The Morgan fingerprint density at radius 2 is 2.00 bits per heavy atom. The van der Waals surface area contributed by atoms with Gasteiger partial charge in [0.25, 0.3) is 0 Å². The Bertz CT molecular complexity index is 477. The summed E-state index contributed by atoms with van der Waals surface area (Å²) in [5.41, 5.74) is 2.55. The minimum absolute atomic E-state index is 0. The summed E-state index contributed by atoms with van der Waals surface area (Å²) in [4.78, 5) is 14.3. The van der Waals surface area contributed by atoms with Crippen LogP contribution in [0.1, 0.15) is 24.1 Å². The first-order chi connectivity index (χ1) is 10.6. The Morgan fingerprint density at radius 1 is 1.33 bits per heavy atom. The number of hydrogen-bond acceptors (Lipinski definition) is 4. The van der Waals surface area contributed by atoms with Crippen molar-refractivity contribution in [3.8, 4) is 0 Å². The minimum atomic E-state index is -0.237. The number of carbonyl (C=O) groups excluding carboxylic acids is 1. The Hall–Kier alpha value is -0.850. The molecule has 0 bridgehead atoms. The van der Waals surface area contributed by atoms with Crippen LogP contribution in [0.25, 0.3) is 0 Å². The van der Waals surface area contributed by atoms with Gasteiger partial charge in [-0.1, -0.05) is 31.2 Å². The molecule has 7 heteroatoms. The highest BCUT2D eigenvalue weighted by molar-refractivity contribution is 5.85. The summed E-state index contributed by atoms with van der Waals surface area (Å²) in [5.74, 6) is 0.0109. The van der Waals surface area contributed by atoms with Crippen LogP contribution in [0.3, 0.4) is 0 Å². The molecule has 2 unspecified atom stereocenters. The first-order valence-corrected chi connectivity index (χ1v) is 7.96. The average molecular weight is 378 g/mol. The first kappa shape index (κ1) is 23.1. The molecular formula is C17H29Cl2N3O2. The number of hydrogen-bond donors (Lipinski definition) is 2. The molecule has 1 fully saturated rings.